The molecular weight excluding hydrogens is 392 g/mol. The van der Waals surface area contributed by atoms with Gasteiger partial charge < -0.3 is 19.0 Å². The normalized spacial score (nSPS) is 17.5. The molecule has 4 unspecified atom stereocenters. The van der Waals surface area contributed by atoms with Crippen molar-refractivity contribution in [2.24, 2.45) is 11.8 Å². The Balaban J connectivity index is 2.86. The third kappa shape index (κ3) is 8.07. The Bertz CT molecular complexity index is 683. The molecule has 0 heterocycles. The number of terminal acetylenes is 1. The maximum atomic E-state index is 10.4. The molecule has 0 saturated carbocycles. The minimum absolute atomic E-state index is 0.0402. The van der Waals surface area contributed by atoms with Gasteiger partial charge in [0.25, 0.3) is 0 Å². The highest BCUT2D eigenvalue weighted by atomic mass is 28.4. The first kappa shape index (κ1) is 26.7. The second-order valence-corrected chi connectivity index (χ2v) is 15.0. The fourth-order valence-corrected chi connectivity index (χ4v) is 4.79. The predicted octanol–water partition coefficient (Wildman–Crippen LogP) is 5.65. The second-order valence-electron chi connectivity index (χ2n) is 10.3. The first-order valence-electron chi connectivity index (χ1n) is 10.8. The summed E-state index contributed by atoms with van der Waals surface area (Å²) in [5.74, 6) is 3.61. The highest BCUT2D eigenvalue weighted by molar-refractivity contribution is 6.74. The summed E-state index contributed by atoms with van der Waals surface area (Å²) in [5.41, 5.74) is -0.0359. The number of ether oxygens (including phenoxy) is 2. The molecule has 1 aromatic carbocycles. The van der Waals surface area contributed by atoms with Gasteiger partial charge in [-0.25, -0.2) is 0 Å². The van der Waals surface area contributed by atoms with Gasteiger partial charge in [-0.05, 0) is 55.1 Å². The monoisotopic (exact) mass is 434 g/mol. The average molecular weight is 435 g/mol. The van der Waals surface area contributed by atoms with E-state index >= 15 is 0 Å². The van der Waals surface area contributed by atoms with Crippen molar-refractivity contribution in [3.63, 3.8) is 0 Å². The van der Waals surface area contributed by atoms with E-state index in [0.29, 0.717) is 19.6 Å². The third-order valence-corrected chi connectivity index (χ3v) is 10.7. The zero-order chi connectivity index (χ0) is 23.2. The van der Waals surface area contributed by atoms with Crippen LogP contribution >= 0.6 is 0 Å². The Morgan fingerprint density at radius 3 is 2.10 bits per heavy atom. The molecular formula is C25H42O4Si. The summed E-state index contributed by atoms with van der Waals surface area (Å²) < 4.78 is 18.1. The minimum atomic E-state index is -2.00. The van der Waals surface area contributed by atoms with Crippen LogP contribution in [0.15, 0.2) is 24.3 Å². The second kappa shape index (κ2) is 10.8. The summed E-state index contributed by atoms with van der Waals surface area (Å²) in [4.78, 5) is 0. The van der Waals surface area contributed by atoms with Crippen LogP contribution in [0.5, 0.6) is 5.75 Å². The molecule has 4 nitrogen and oxygen atoms in total. The summed E-state index contributed by atoms with van der Waals surface area (Å²) in [7, 11) is -0.334. The molecule has 4 atom stereocenters. The molecule has 0 saturated heterocycles. The van der Waals surface area contributed by atoms with Crippen molar-refractivity contribution in [1.29, 1.82) is 0 Å². The Hall–Kier alpha value is -1.32. The molecule has 30 heavy (non-hydrogen) atoms. The fourth-order valence-electron chi connectivity index (χ4n) is 3.29. The van der Waals surface area contributed by atoms with E-state index in [9.17, 15) is 5.11 Å². The van der Waals surface area contributed by atoms with Gasteiger partial charge in [-0.1, -0.05) is 52.7 Å². The van der Waals surface area contributed by atoms with Crippen LogP contribution in [0, 0.1) is 24.2 Å². The molecule has 0 radical (unpaired) electrons. The predicted molar refractivity (Wildman–Crippen MR) is 127 cm³/mol. The zero-order valence-electron chi connectivity index (χ0n) is 20.4. The maximum absolute atomic E-state index is 10.4. The summed E-state index contributed by atoms with van der Waals surface area (Å²) in [6.45, 7) is 18.3. The van der Waals surface area contributed by atoms with Gasteiger partial charge in [0.1, 0.15) is 11.4 Å². The van der Waals surface area contributed by atoms with Gasteiger partial charge in [-0.3, -0.25) is 0 Å². The van der Waals surface area contributed by atoms with E-state index < -0.39 is 13.9 Å². The third-order valence-electron chi connectivity index (χ3n) is 6.20. The zero-order valence-corrected chi connectivity index (χ0v) is 21.4. The van der Waals surface area contributed by atoms with Crippen molar-refractivity contribution < 1.29 is 19.0 Å². The van der Waals surface area contributed by atoms with Crippen molar-refractivity contribution in [1.82, 2.24) is 0 Å². The van der Waals surface area contributed by atoms with E-state index in [1.807, 2.05) is 24.3 Å². The molecule has 0 aliphatic carbocycles. The van der Waals surface area contributed by atoms with Crippen LogP contribution in [0.25, 0.3) is 0 Å². The van der Waals surface area contributed by atoms with Crippen LogP contribution in [0.1, 0.15) is 53.5 Å². The molecule has 170 valence electrons. The van der Waals surface area contributed by atoms with Crippen LogP contribution in [0.4, 0.5) is 0 Å². The molecule has 0 aliphatic heterocycles. The van der Waals surface area contributed by atoms with Crippen LogP contribution in [-0.4, -0.2) is 38.8 Å². The van der Waals surface area contributed by atoms with E-state index in [4.69, 9.17) is 20.3 Å². The van der Waals surface area contributed by atoms with Crippen molar-refractivity contribution >= 4 is 8.32 Å². The average Bonchev–Trinajstić information content (AvgIpc) is 2.65. The molecule has 5 heteroatoms. The molecule has 0 bridgehead atoms. The standard InChI is InChI=1S/C25H42O4Si/c1-11-25(7,26)16-19(2)23(29-30(9,10)24(4,5)6)20(3)17-28-18-21-12-14-22(27-8)15-13-21/h1,12-15,19-20,23,26H,16-18H2,2-10H3. The van der Waals surface area contributed by atoms with Gasteiger partial charge >= 0.3 is 0 Å². The van der Waals surface area contributed by atoms with E-state index in [1.165, 1.54) is 0 Å². The van der Waals surface area contributed by atoms with Gasteiger partial charge in [-0.15, -0.1) is 6.42 Å². The number of benzene rings is 1. The molecule has 0 amide bonds. The lowest BCUT2D eigenvalue weighted by Gasteiger charge is -2.43. The largest absolute Gasteiger partial charge is 0.497 e. The van der Waals surface area contributed by atoms with Crippen LogP contribution in [-0.2, 0) is 15.8 Å². The van der Waals surface area contributed by atoms with Crippen LogP contribution < -0.4 is 4.74 Å². The lowest BCUT2D eigenvalue weighted by Crippen LogP contribution is -2.48. The van der Waals surface area contributed by atoms with Gasteiger partial charge in [0.15, 0.2) is 8.32 Å². The summed E-state index contributed by atoms with van der Waals surface area (Å²) in [6.07, 6.45) is 5.98. The van der Waals surface area contributed by atoms with E-state index in [0.717, 1.165) is 11.3 Å². The number of hydrogen-bond acceptors (Lipinski definition) is 4. The molecule has 0 fully saturated rings. The molecule has 0 aliphatic rings. The minimum Gasteiger partial charge on any atom is -0.497 e. The van der Waals surface area contributed by atoms with Gasteiger partial charge in [-0.2, -0.15) is 0 Å². The maximum Gasteiger partial charge on any atom is 0.192 e. The van der Waals surface area contributed by atoms with E-state index in [1.54, 1.807) is 14.0 Å². The van der Waals surface area contributed by atoms with Crippen LogP contribution in [0.2, 0.25) is 18.1 Å². The topological polar surface area (TPSA) is 47.9 Å². The Kier molecular flexibility index (Phi) is 9.63. The van der Waals surface area contributed by atoms with Crippen LogP contribution in [0.3, 0.4) is 0 Å². The quantitative estimate of drug-likeness (QED) is 0.361. The van der Waals surface area contributed by atoms with E-state index in [-0.39, 0.29) is 23.0 Å². The number of rotatable bonds is 11. The summed E-state index contributed by atoms with van der Waals surface area (Å²) in [6, 6.07) is 7.91. The van der Waals surface area contributed by atoms with Crippen molar-refractivity contribution in [3.05, 3.63) is 29.8 Å². The van der Waals surface area contributed by atoms with Crippen molar-refractivity contribution in [3.8, 4) is 18.1 Å². The first-order valence-corrected chi connectivity index (χ1v) is 13.7. The lowest BCUT2D eigenvalue weighted by atomic mass is 9.85. The number of aliphatic hydroxyl groups is 1. The molecule has 1 rings (SSSR count). The SMILES string of the molecule is C#CC(C)(O)CC(C)C(O[Si](C)(C)C(C)(C)C)C(C)COCc1ccc(OC)cc1. The van der Waals surface area contributed by atoms with Crippen molar-refractivity contribution in [2.75, 3.05) is 13.7 Å². The Morgan fingerprint density at radius 1 is 1.07 bits per heavy atom. The number of hydrogen-bond donors (Lipinski definition) is 1. The van der Waals surface area contributed by atoms with Gasteiger partial charge in [0.2, 0.25) is 0 Å². The molecule has 1 aromatic rings. The highest BCUT2D eigenvalue weighted by Crippen LogP contribution is 2.40. The Labute approximate surface area is 185 Å². The smallest absolute Gasteiger partial charge is 0.192 e. The number of methoxy groups -OCH3 is 1. The molecule has 0 spiro atoms. The van der Waals surface area contributed by atoms with Gasteiger partial charge in [0, 0.05) is 5.92 Å². The molecule has 0 aromatic heterocycles. The lowest BCUT2D eigenvalue weighted by molar-refractivity contribution is -0.00939. The Morgan fingerprint density at radius 2 is 1.63 bits per heavy atom. The van der Waals surface area contributed by atoms with E-state index in [2.05, 4.69) is 53.6 Å². The highest BCUT2D eigenvalue weighted by Gasteiger charge is 2.42. The summed E-state index contributed by atoms with van der Waals surface area (Å²) >= 11 is 0. The van der Waals surface area contributed by atoms with Crippen molar-refractivity contribution in [2.45, 2.75) is 84.4 Å². The summed E-state index contributed by atoms with van der Waals surface area (Å²) in [5, 5.41) is 10.5. The fraction of sp³-hybridized carbons (Fsp3) is 0.680. The molecule has 1 N–H and O–H groups in total. The van der Waals surface area contributed by atoms with Gasteiger partial charge in [0.05, 0.1) is 26.4 Å². The first-order chi connectivity index (χ1) is 13.7.